The molecule has 82 valence electrons. The number of likely N-dealkylation sites (N-methyl/N-ethyl adjacent to an activating group) is 1. The normalized spacial score (nSPS) is 21.1. The van der Waals surface area contributed by atoms with Crippen LogP contribution in [-0.2, 0) is 6.54 Å². The van der Waals surface area contributed by atoms with Gasteiger partial charge in [0.25, 0.3) is 0 Å². The molecule has 1 aliphatic rings. The first-order chi connectivity index (χ1) is 7.34. The molecule has 0 bridgehead atoms. The zero-order valence-corrected chi connectivity index (χ0v) is 9.32. The molecule has 1 aromatic heterocycles. The lowest BCUT2D eigenvalue weighted by Crippen LogP contribution is -2.35. The molecule has 0 radical (unpaired) electrons. The molecule has 1 aromatic rings. The summed E-state index contributed by atoms with van der Waals surface area (Å²) in [5.74, 6) is 0. The van der Waals surface area contributed by atoms with Crippen molar-refractivity contribution in [3.63, 3.8) is 0 Å². The Morgan fingerprint density at radius 3 is 3.13 bits per heavy atom. The number of hydrogen-bond donors (Lipinski definition) is 1. The molecule has 1 fully saturated rings. The molecule has 0 unspecified atom stereocenters. The Morgan fingerprint density at radius 1 is 1.53 bits per heavy atom. The second-order valence-corrected chi connectivity index (χ2v) is 4.31. The van der Waals surface area contributed by atoms with Gasteiger partial charge in [0.15, 0.2) is 0 Å². The topological polar surface area (TPSA) is 28.2 Å². The monoisotopic (exact) mass is 205 g/mol. The lowest BCUT2D eigenvalue weighted by Gasteiger charge is -2.20. The maximum atomic E-state index is 4.33. The van der Waals surface area contributed by atoms with E-state index >= 15 is 0 Å². The molecule has 15 heavy (non-hydrogen) atoms. The number of rotatable bonds is 4. The molecule has 2 heterocycles. The van der Waals surface area contributed by atoms with Crippen molar-refractivity contribution in [3.8, 4) is 0 Å². The van der Waals surface area contributed by atoms with Crippen molar-refractivity contribution >= 4 is 0 Å². The van der Waals surface area contributed by atoms with Crippen molar-refractivity contribution in [2.45, 2.75) is 25.4 Å². The molecule has 0 spiro atoms. The first-order valence-corrected chi connectivity index (χ1v) is 5.66. The Morgan fingerprint density at radius 2 is 2.47 bits per heavy atom. The van der Waals surface area contributed by atoms with Gasteiger partial charge in [-0.1, -0.05) is 6.07 Å². The van der Waals surface area contributed by atoms with Gasteiger partial charge in [-0.2, -0.15) is 0 Å². The van der Waals surface area contributed by atoms with E-state index in [-0.39, 0.29) is 0 Å². The predicted octanol–water partition coefficient (Wildman–Crippen LogP) is 1.27. The summed E-state index contributed by atoms with van der Waals surface area (Å²) in [6.45, 7) is 3.25. The first-order valence-electron chi connectivity index (χ1n) is 5.66. The molecular weight excluding hydrogens is 186 g/mol. The molecule has 3 heteroatoms. The standard InChI is InChI=1S/C12H19N3/c1-15(10-12-6-4-8-14-12)9-11-5-2-3-7-13-11/h2-3,5,7,12,14H,4,6,8-10H2,1H3/t12-/m1/s1. The number of nitrogens with zero attached hydrogens (tertiary/aromatic N) is 2. The van der Waals surface area contributed by atoms with E-state index in [1.54, 1.807) is 0 Å². The lowest BCUT2D eigenvalue weighted by atomic mass is 10.2. The zero-order chi connectivity index (χ0) is 10.5. The van der Waals surface area contributed by atoms with E-state index in [4.69, 9.17) is 0 Å². The Labute approximate surface area is 91.5 Å². The van der Waals surface area contributed by atoms with E-state index < -0.39 is 0 Å². The predicted molar refractivity (Wildman–Crippen MR) is 61.6 cm³/mol. The molecule has 3 nitrogen and oxygen atoms in total. The summed E-state index contributed by atoms with van der Waals surface area (Å²) in [6.07, 6.45) is 4.49. The molecule has 0 amide bonds. The maximum absolute atomic E-state index is 4.33. The van der Waals surface area contributed by atoms with E-state index in [9.17, 15) is 0 Å². The lowest BCUT2D eigenvalue weighted by molar-refractivity contribution is 0.290. The summed E-state index contributed by atoms with van der Waals surface area (Å²) >= 11 is 0. The van der Waals surface area contributed by atoms with Crippen LogP contribution in [0.1, 0.15) is 18.5 Å². The van der Waals surface area contributed by atoms with Gasteiger partial charge in [-0.25, -0.2) is 0 Å². The van der Waals surface area contributed by atoms with Gasteiger partial charge in [-0.05, 0) is 38.6 Å². The van der Waals surface area contributed by atoms with E-state index in [1.165, 1.54) is 19.4 Å². The summed E-state index contributed by atoms with van der Waals surface area (Å²) in [7, 11) is 2.16. The minimum atomic E-state index is 0.679. The van der Waals surface area contributed by atoms with Gasteiger partial charge in [0.1, 0.15) is 0 Å². The zero-order valence-electron chi connectivity index (χ0n) is 9.32. The van der Waals surface area contributed by atoms with Gasteiger partial charge in [0.2, 0.25) is 0 Å². The van der Waals surface area contributed by atoms with Crippen LogP contribution >= 0.6 is 0 Å². The summed E-state index contributed by atoms with van der Waals surface area (Å²) < 4.78 is 0. The van der Waals surface area contributed by atoms with E-state index in [2.05, 4.69) is 28.3 Å². The van der Waals surface area contributed by atoms with Gasteiger partial charge in [0.05, 0.1) is 5.69 Å². The fourth-order valence-corrected chi connectivity index (χ4v) is 2.12. The summed E-state index contributed by atoms with van der Waals surface area (Å²) in [6, 6.07) is 6.77. The largest absolute Gasteiger partial charge is 0.313 e. The Balaban J connectivity index is 1.79. The third kappa shape index (κ3) is 3.29. The third-order valence-corrected chi connectivity index (χ3v) is 2.85. The Hall–Kier alpha value is -0.930. The number of pyridine rings is 1. The number of hydrogen-bond acceptors (Lipinski definition) is 3. The van der Waals surface area contributed by atoms with Crippen LogP contribution in [0, 0.1) is 0 Å². The first kappa shape index (κ1) is 10.6. The van der Waals surface area contributed by atoms with Crippen molar-refractivity contribution < 1.29 is 0 Å². The highest BCUT2D eigenvalue weighted by molar-refractivity contribution is 5.03. The van der Waals surface area contributed by atoms with Crippen LogP contribution in [0.2, 0.25) is 0 Å². The molecule has 1 N–H and O–H groups in total. The summed E-state index contributed by atoms with van der Waals surface area (Å²) in [5, 5.41) is 3.51. The number of nitrogens with one attached hydrogen (secondary N) is 1. The average molecular weight is 205 g/mol. The van der Waals surface area contributed by atoms with Crippen molar-refractivity contribution in [2.75, 3.05) is 20.1 Å². The van der Waals surface area contributed by atoms with Gasteiger partial charge in [-0.3, -0.25) is 9.88 Å². The van der Waals surface area contributed by atoms with Crippen LogP contribution in [0.5, 0.6) is 0 Å². The molecule has 1 atom stereocenters. The SMILES string of the molecule is CN(Cc1ccccn1)C[C@H]1CCCN1. The molecular formula is C12H19N3. The fraction of sp³-hybridized carbons (Fsp3) is 0.583. The minimum absolute atomic E-state index is 0.679. The van der Waals surface area contributed by atoms with Gasteiger partial charge >= 0.3 is 0 Å². The van der Waals surface area contributed by atoms with Gasteiger partial charge in [-0.15, -0.1) is 0 Å². The van der Waals surface area contributed by atoms with Crippen LogP contribution in [0.4, 0.5) is 0 Å². The van der Waals surface area contributed by atoms with Crippen molar-refractivity contribution in [1.29, 1.82) is 0 Å². The maximum Gasteiger partial charge on any atom is 0.0543 e. The highest BCUT2D eigenvalue weighted by atomic mass is 15.1. The molecule has 1 saturated heterocycles. The highest BCUT2D eigenvalue weighted by Gasteiger charge is 2.15. The minimum Gasteiger partial charge on any atom is -0.313 e. The fourth-order valence-electron chi connectivity index (χ4n) is 2.12. The quantitative estimate of drug-likeness (QED) is 0.802. The van der Waals surface area contributed by atoms with Crippen LogP contribution in [-0.4, -0.2) is 36.1 Å². The molecule has 0 saturated carbocycles. The summed E-state index contributed by atoms with van der Waals surface area (Å²) in [4.78, 5) is 6.67. The van der Waals surface area contributed by atoms with Crippen LogP contribution in [0.3, 0.4) is 0 Å². The van der Waals surface area contributed by atoms with Crippen LogP contribution < -0.4 is 5.32 Å². The second-order valence-electron chi connectivity index (χ2n) is 4.31. The van der Waals surface area contributed by atoms with Crippen LogP contribution in [0.25, 0.3) is 0 Å². The highest BCUT2D eigenvalue weighted by Crippen LogP contribution is 2.07. The molecule has 0 aromatic carbocycles. The summed E-state index contributed by atoms with van der Waals surface area (Å²) in [5.41, 5.74) is 1.15. The van der Waals surface area contributed by atoms with Crippen molar-refractivity contribution in [3.05, 3.63) is 30.1 Å². The van der Waals surface area contributed by atoms with E-state index in [1.807, 2.05) is 18.3 Å². The molecule has 2 rings (SSSR count). The third-order valence-electron chi connectivity index (χ3n) is 2.85. The van der Waals surface area contributed by atoms with E-state index in [0.29, 0.717) is 6.04 Å². The number of aromatic nitrogens is 1. The van der Waals surface area contributed by atoms with Crippen LogP contribution in [0.15, 0.2) is 24.4 Å². The smallest absolute Gasteiger partial charge is 0.0543 e. The van der Waals surface area contributed by atoms with Crippen molar-refractivity contribution in [2.24, 2.45) is 0 Å². The van der Waals surface area contributed by atoms with Gasteiger partial charge in [0, 0.05) is 25.3 Å². The van der Waals surface area contributed by atoms with Crippen molar-refractivity contribution in [1.82, 2.24) is 15.2 Å². The molecule has 1 aliphatic heterocycles. The van der Waals surface area contributed by atoms with E-state index in [0.717, 1.165) is 18.8 Å². The Kier molecular flexibility index (Phi) is 3.69. The second kappa shape index (κ2) is 5.24. The average Bonchev–Trinajstić information content (AvgIpc) is 2.71. The molecule has 0 aliphatic carbocycles. The Bertz CT molecular complexity index is 280. The van der Waals surface area contributed by atoms with Gasteiger partial charge < -0.3 is 5.32 Å².